The van der Waals surface area contributed by atoms with E-state index in [1.807, 2.05) is 25.1 Å². The van der Waals surface area contributed by atoms with Crippen molar-refractivity contribution < 1.29 is 13.9 Å². The number of nitrogens with one attached hydrogen (secondary N) is 1. The lowest BCUT2D eigenvalue weighted by Crippen LogP contribution is -2.33. The first-order valence-corrected chi connectivity index (χ1v) is 7.22. The predicted molar refractivity (Wildman–Crippen MR) is 82.1 cm³/mol. The summed E-state index contributed by atoms with van der Waals surface area (Å²) in [7, 11) is 0. The standard InChI is InChI=1S/C17H19FN2O2/c1-13(22-16-8-5-14(18)6-9-16)12-20-17(21)10-7-15-4-2-3-11-19-15/h2-6,8-9,11,13H,7,10,12H2,1H3,(H,20,21)/t13-/m0/s1. The van der Waals surface area contributed by atoms with Crippen molar-refractivity contribution in [1.82, 2.24) is 10.3 Å². The molecule has 0 aliphatic rings. The second-order valence-electron chi connectivity index (χ2n) is 5.01. The van der Waals surface area contributed by atoms with E-state index in [0.29, 0.717) is 25.1 Å². The molecule has 116 valence electrons. The van der Waals surface area contributed by atoms with E-state index in [1.165, 1.54) is 12.1 Å². The van der Waals surface area contributed by atoms with Crippen LogP contribution in [0, 0.1) is 5.82 Å². The number of hydrogen-bond donors (Lipinski definition) is 1. The summed E-state index contributed by atoms with van der Waals surface area (Å²) < 4.78 is 18.4. The number of carbonyl (C=O) groups excluding carboxylic acids is 1. The van der Waals surface area contributed by atoms with Crippen molar-refractivity contribution in [2.75, 3.05) is 6.54 Å². The van der Waals surface area contributed by atoms with Crippen LogP contribution in [-0.2, 0) is 11.2 Å². The number of aromatic nitrogens is 1. The van der Waals surface area contributed by atoms with E-state index in [0.717, 1.165) is 5.69 Å². The van der Waals surface area contributed by atoms with Crippen molar-refractivity contribution in [3.63, 3.8) is 0 Å². The summed E-state index contributed by atoms with van der Waals surface area (Å²) in [6, 6.07) is 11.5. The van der Waals surface area contributed by atoms with Crippen LogP contribution in [-0.4, -0.2) is 23.5 Å². The van der Waals surface area contributed by atoms with Crippen LogP contribution in [0.4, 0.5) is 4.39 Å². The molecule has 0 aliphatic carbocycles. The predicted octanol–water partition coefficient (Wildman–Crippen LogP) is 2.74. The zero-order valence-electron chi connectivity index (χ0n) is 12.5. The van der Waals surface area contributed by atoms with Crippen molar-refractivity contribution >= 4 is 5.91 Å². The molecule has 1 heterocycles. The van der Waals surface area contributed by atoms with Gasteiger partial charge in [-0.05, 0) is 49.7 Å². The van der Waals surface area contributed by atoms with E-state index in [1.54, 1.807) is 18.3 Å². The van der Waals surface area contributed by atoms with Crippen LogP contribution < -0.4 is 10.1 Å². The molecule has 0 saturated heterocycles. The maximum atomic E-state index is 12.8. The molecule has 4 nitrogen and oxygen atoms in total. The minimum atomic E-state index is -0.303. The molecule has 0 unspecified atom stereocenters. The monoisotopic (exact) mass is 302 g/mol. The maximum absolute atomic E-state index is 12.8. The Kier molecular flexibility index (Phi) is 5.89. The number of aryl methyl sites for hydroxylation is 1. The average molecular weight is 302 g/mol. The number of carbonyl (C=O) groups is 1. The summed E-state index contributed by atoms with van der Waals surface area (Å²) >= 11 is 0. The Bertz CT molecular complexity index is 587. The number of nitrogens with zero attached hydrogens (tertiary/aromatic N) is 1. The maximum Gasteiger partial charge on any atom is 0.220 e. The fourth-order valence-electron chi connectivity index (χ4n) is 1.92. The Morgan fingerprint density at radius 2 is 2.05 bits per heavy atom. The molecular formula is C17H19FN2O2. The number of ether oxygens (including phenoxy) is 1. The van der Waals surface area contributed by atoms with Gasteiger partial charge < -0.3 is 10.1 Å². The minimum Gasteiger partial charge on any atom is -0.489 e. The number of hydrogen-bond acceptors (Lipinski definition) is 3. The topological polar surface area (TPSA) is 51.2 Å². The van der Waals surface area contributed by atoms with E-state index >= 15 is 0 Å². The lowest BCUT2D eigenvalue weighted by molar-refractivity contribution is -0.121. The van der Waals surface area contributed by atoms with Gasteiger partial charge in [-0.3, -0.25) is 9.78 Å². The highest BCUT2D eigenvalue weighted by Gasteiger charge is 2.07. The summed E-state index contributed by atoms with van der Waals surface area (Å²) in [5, 5.41) is 2.82. The molecule has 2 aromatic rings. The van der Waals surface area contributed by atoms with Gasteiger partial charge in [0.2, 0.25) is 5.91 Å². The van der Waals surface area contributed by atoms with Crippen molar-refractivity contribution in [3.8, 4) is 5.75 Å². The largest absolute Gasteiger partial charge is 0.489 e. The minimum absolute atomic E-state index is 0.0415. The van der Waals surface area contributed by atoms with Gasteiger partial charge >= 0.3 is 0 Å². The van der Waals surface area contributed by atoms with Crippen LogP contribution in [0.3, 0.4) is 0 Å². The van der Waals surface area contributed by atoms with Gasteiger partial charge in [0.15, 0.2) is 0 Å². The second-order valence-corrected chi connectivity index (χ2v) is 5.01. The molecule has 1 amide bonds. The molecule has 1 atom stereocenters. The van der Waals surface area contributed by atoms with Crippen LogP contribution in [0.5, 0.6) is 5.75 Å². The van der Waals surface area contributed by atoms with Gasteiger partial charge in [0.25, 0.3) is 0 Å². The highest BCUT2D eigenvalue weighted by atomic mass is 19.1. The number of pyridine rings is 1. The third-order valence-electron chi connectivity index (χ3n) is 3.07. The molecule has 0 bridgehead atoms. The number of halogens is 1. The van der Waals surface area contributed by atoms with E-state index in [4.69, 9.17) is 4.74 Å². The summed E-state index contributed by atoms with van der Waals surface area (Å²) in [6.45, 7) is 2.25. The van der Waals surface area contributed by atoms with E-state index in [-0.39, 0.29) is 17.8 Å². The third-order valence-corrected chi connectivity index (χ3v) is 3.07. The second kappa shape index (κ2) is 8.12. The highest BCUT2D eigenvalue weighted by molar-refractivity contribution is 5.76. The van der Waals surface area contributed by atoms with Crippen LogP contribution in [0.2, 0.25) is 0 Å². The Morgan fingerprint density at radius 3 is 2.73 bits per heavy atom. The van der Waals surface area contributed by atoms with Gasteiger partial charge in [0, 0.05) is 18.3 Å². The lowest BCUT2D eigenvalue weighted by atomic mass is 10.2. The number of amides is 1. The Balaban J connectivity index is 1.68. The number of rotatable bonds is 7. The fourth-order valence-corrected chi connectivity index (χ4v) is 1.92. The molecule has 0 aliphatic heterocycles. The summed E-state index contributed by atoms with van der Waals surface area (Å²) in [6.07, 6.45) is 2.52. The molecule has 0 spiro atoms. The number of benzene rings is 1. The zero-order chi connectivity index (χ0) is 15.8. The van der Waals surface area contributed by atoms with Crippen molar-refractivity contribution in [3.05, 3.63) is 60.2 Å². The van der Waals surface area contributed by atoms with Crippen LogP contribution in [0.25, 0.3) is 0 Å². The van der Waals surface area contributed by atoms with E-state index < -0.39 is 0 Å². The smallest absolute Gasteiger partial charge is 0.220 e. The van der Waals surface area contributed by atoms with Crippen molar-refractivity contribution in [1.29, 1.82) is 0 Å². The molecule has 0 radical (unpaired) electrons. The molecule has 2 rings (SSSR count). The Hall–Kier alpha value is -2.43. The van der Waals surface area contributed by atoms with Gasteiger partial charge in [-0.2, -0.15) is 0 Å². The molecule has 22 heavy (non-hydrogen) atoms. The van der Waals surface area contributed by atoms with E-state index in [9.17, 15) is 9.18 Å². The zero-order valence-corrected chi connectivity index (χ0v) is 12.5. The molecule has 1 N–H and O–H groups in total. The lowest BCUT2D eigenvalue weighted by Gasteiger charge is -2.15. The molecular weight excluding hydrogens is 283 g/mol. The van der Waals surface area contributed by atoms with Crippen molar-refractivity contribution in [2.45, 2.75) is 25.9 Å². The molecule has 0 fully saturated rings. The van der Waals surface area contributed by atoms with Crippen LogP contribution in [0.1, 0.15) is 19.0 Å². The van der Waals surface area contributed by atoms with Gasteiger partial charge in [0.1, 0.15) is 17.7 Å². The highest BCUT2D eigenvalue weighted by Crippen LogP contribution is 2.12. The normalized spacial score (nSPS) is 11.7. The fraction of sp³-hybridized carbons (Fsp3) is 0.294. The SMILES string of the molecule is C[C@@H](CNC(=O)CCc1ccccn1)Oc1ccc(F)cc1. The molecule has 5 heteroatoms. The quantitative estimate of drug-likeness (QED) is 0.855. The average Bonchev–Trinajstić information content (AvgIpc) is 2.54. The first-order chi connectivity index (χ1) is 10.6. The van der Waals surface area contributed by atoms with Gasteiger partial charge in [-0.1, -0.05) is 6.07 Å². The Morgan fingerprint density at radius 1 is 1.27 bits per heavy atom. The van der Waals surface area contributed by atoms with Gasteiger partial charge in [-0.15, -0.1) is 0 Å². The Labute approximate surface area is 129 Å². The van der Waals surface area contributed by atoms with Crippen LogP contribution in [0.15, 0.2) is 48.7 Å². The summed E-state index contributed by atoms with van der Waals surface area (Å²) in [5.74, 6) is 0.236. The third kappa shape index (κ3) is 5.52. The summed E-state index contributed by atoms with van der Waals surface area (Å²) in [4.78, 5) is 15.9. The van der Waals surface area contributed by atoms with Crippen LogP contribution >= 0.6 is 0 Å². The first-order valence-electron chi connectivity index (χ1n) is 7.22. The summed E-state index contributed by atoms with van der Waals surface area (Å²) in [5.41, 5.74) is 0.897. The molecule has 1 aromatic carbocycles. The first kappa shape index (κ1) is 15.9. The molecule has 0 saturated carbocycles. The van der Waals surface area contributed by atoms with E-state index in [2.05, 4.69) is 10.3 Å². The van der Waals surface area contributed by atoms with Crippen molar-refractivity contribution in [2.24, 2.45) is 0 Å². The molecule has 1 aromatic heterocycles. The van der Waals surface area contributed by atoms with Gasteiger partial charge in [-0.25, -0.2) is 4.39 Å². The van der Waals surface area contributed by atoms with Gasteiger partial charge in [0.05, 0.1) is 6.54 Å².